The van der Waals surface area contributed by atoms with Gasteiger partial charge in [-0.05, 0) is 50.6 Å². The Labute approximate surface area is 152 Å². The molecule has 0 aromatic carbocycles. The van der Waals surface area contributed by atoms with Gasteiger partial charge in [-0.25, -0.2) is 0 Å². The van der Waals surface area contributed by atoms with Gasteiger partial charge in [0.15, 0.2) is 0 Å². The van der Waals surface area contributed by atoms with Crippen molar-refractivity contribution in [3.05, 3.63) is 0 Å². The number of alkyl halides is 3. The molecule has 1 N–H and O–H groups in total. The fraction of sp³-hybridized carbons (Fsp3) is 0.889. The molecule has 1 heterocycles. The predicted molar refractivity (Wildman–Crippen MR) is 90.4 cm³/mol. The second-order valence-corrected chi connectivity index (χ2v) is 7.50. The van der Waals surface area contributed by atoms with Crippen molar-refractivity contribution in [3.8, 4) is 0 Å². The molecule has 1 saturated heterocycles. The minimum absolute atomic E-state index is 0.0846. The third kappa shape index (κ3) is 8.38. The van der Waals surface area contributed by atoms with Crippen LogP contribution in [0.25, 0.3) is 0 Å². The van der Waals surface area contributed by atoms with Crippen molar-refractivity contribution in [2.75, 3.05) is 32.8 Å². The number of esters is 1. The van der Waals surface area contributed by atoms with E-state index in [1.165, 1.54) is 24.2 Å². The standard InChI is InChI=1S/C18H29F3N2O3/c19-18(20,21)13-23-8-6-15(7-9-23)12-26-17(25)11-22-16(24)10-14-4-2-1-3-5-14/h14-15H,1-13H2,(H,22,24). The smallest absolute Gasteiger partial charge is 0.401 e. The Kier molecular flexibility index (Phi) is 8.18. The number of rotatable bonds is 7. The van der Waals surface area contributed by atoms with E-state index in [4.69, 9.17) is 4.74 Å². The third-order valence-electron chi connectivity index (χ3n) is 5.22. The number of ether oxygens (including phenoxy) is 1. The van der Waals surface area contributed by atoms with E-state index in [2.05, 4.69) is 5.32 Å². The third-order valence-corrected chi connectivity index (χ3v) is 5.22. The minimum atomic E-state index is -4.17. The highest BCUT2D eigenvalue weighted by Gasteiger charge is 2.32. The minimum Gasteiger partial charge on any atom is -0.464 e. The average molecular weight is 378 g/mol. The first-order valence-corrected chi connectivity index (χ1v) is 9.53. The first-order chi connectivity index (χ1) is 12.3. The van der Waals surface area contributed by atoms with E-state index in [1.54, 1.807) is 0 Å². The van der Waals surface area contributed by atoms with Crippen LogP contribution in [0.2, 0.25) is 0 Å². The van der Waals surface area contributed by atoms with Crippen LogP contribution in [-0.2, 0) is 14.3 Å². The molecule has 0 atom stereocenters. The summed E-state index contributed by atoms with van der Waals surface area (Å²) in [5.41, 5.74) is 0. The highest BCUT2D eigenvalue weighted by molar-refractivity contribution is 5.82. The molecule has 0 radical (unpaired) electrons. The van der Waals surface area contributed by atoms with Crippen LogP contribution in [0.5, 0.6) is 0 Å². The zero-order chi connectivity index (χ0) is 19.0. The van der Waals surface area contributed by atoms with Crippen LogP contribution in [-0.4, -0.2) is 55.7 Å². The Hall–Kier alpha value is -1.31. The number of nitrogens with zero attached hydrogens (tertiary/aromatic N) is 1. The number of hydrogen-bond donors (Lipinski definition) is 1. The first-order valence-electron chi connectivity index (χ1n) is 9.53. The molecule has 0 spiro atoms. The Balaban J connectivity index is 1.54. The molecule has 1 amide bonds. The Morgan fingerprint density at radius 1 is 1.00 bits per heavy atom. The maximum absolute atomic E-state index is 12.3. The Morgan fingerprint density at radius 2 is 1.65 bits per heavy atom. The van der Waals surface area contributed by atoms with Crippen LogP contribution >= 0.6 is 0 Å². The van der Waals surface area contributed by atoms with Crippen molar-refractivity contribution in [2.45, 2.75) is 57.5 Å². The summed E-state index contributed by atoms with van der Waals surface area (Å²) in [6.07, 6.45) is 3.17. The number of carbonyl (C=O) groups excluding carboxylic acids is 2. The molecule has 2 fully saturated rings. The molecular formula is C18H29F3N2O3. The summed E-state index contributed by atoms with van der Waals surface area (Å²) in [6, 6.07) is 0. The van der Waals surface area contributed by atoms with Crippen molar-refractivity contribution >= 4 is 11.9 Å². The average Bonchev–Trinajstić information content (AvgIpc) is 2.59. The molecule has 0 aromatic rings. The number of halogens is 3. The normalized spacial score (nSPS) is 20.7. The van der Waals surface area contributed by atoms with Gasteiger partial charge < -0.3 is 10.1 Å². The van der Waals surface area contributed by atoms with Crippen molar-refractivity contribution in [3.63, 3.8) is 0 Å². The maximum atomic E-state index is 12.3. The van der Waals surface area contributed by atoms with Gasteiger partial charge in [0.05, 0.1) is 13.2 Å². The van der Waals surface area contributed by atoms with Gasteiger partial charge in [-0.15, -0.1) is 0 Å². The second kappa shape index (κ2) is 10.1. The number of hydrogen-bond acceptors (Lipinski definition) is 4. The Bertz CT molecular complexity index is 457. The van der Waals surface area contributed by atoms with Crippen molar-refractivity contribution in [1.82, 2.24) is 10.2 Å². The van der Waals surface area contributed by atoms with E-state index in [-0.39, 0.29) is 25.0 Å². The zero-order valence-electron chi connectivity index (χ0n) is 15.2. The fourth-order valence-corrected chi connectivity index (χ4v) is 3.72. The van der Waals surface area contributed by atoms with Gasteiger partial charge in [0.25, 0.3) is 0 Å². The van der Waals surface area contributed by atoms with Gasteiger partial charge in [-0.2, -0.15) is 13.2 Å². The molecule has 5 nitrogen and oxygen atoms in total. The number of piperidine rings is 1. The molecule has 2 aliphatic rings. The summed E-state index contributed by atoms with van der Waals surface area (Å²) >= 11 is 0. The number of likely N-dealkylation sites (tertiary alicyclic amines) is 1. The van der Waals surface area contributed by atoms with E-state index in [1.807, 2.05) is 0 Å². The lowest BCUT2D eigenvalue weighted by Gasteiger charge is -2.32. The molecule has 8 heteroatoms. The molecule has 26 heavy (non-hydrogen) atoms. The van der Waals surface area contributed by atoms with Crippen molar-refractivity contribution in [1.29, 1.82) is 0 Å². The quantitative estimate of drug-likeness (QED) is 0.692. The van der Waals surface area contributed by atoms with Crippen molar-refractivity contribution < 1.29 is 27.5 Å². The van der Waals surface area contributed by atoms with Gasteiger partial charge in [-0.1, -0.05) is 19.3 Å². The molecule has 2 rings (SSSR count). The van der Waals surface area contributed by atoms with Crippen LogP contribution < -0.4 is 5.32 Å². The van der Waals surface area contributed by atoms with Gasteiger partial charge in [0.1, 0.15) is 6.54 Å². The van der Waals surface area contributed by atoms with Gasteiger partial charge in [-0.3, -0.25) is 14.5 Å². The van der Waals surface area contributed by atoms with Crippen LogP contribution in [0.4, 0.5) is 13.2 Å². The lowest BCUT2D eigenvalue weighted by molar-refractivity contribution is -0.151. The SMILES string of the molecule is O=C(CC1CCCCC1)NCC(=O)OCC1CCN(CC(F)(F)F)CC1. The highest BCUT2D eigenvalue weighted by Crippen LogP contribution is 2.26. The largest absolute Gasteiger partial charge is 0.464 e. The lowest BCUT2D eigenvalue weighted by atomic mass is 9.87. The maximum Gasteiger partial charge on any atom is 0.401 e. The van der Waals surface area contributed by atoms with Gasteiger partial charge in [0, 0.05) is 6.42 Å². The lowest BCUT2D eigenvalue weighted by Crippen LogP contribution is -2.41. The van der Waals surface area contributed by atoms with E-state index >= 15 is 0 Å². The summed E-state index contributed by atoms with van der Waals surface area (Å²) in [6.45, 7) is -0.0953. The van der Waals surface area contributed by atoms with Crippen LogP contribution in [0.15, 0.2) is 0 Å². The van der Waals surface area contributed by atoms with E-state index < -0.39 is 18.7 Å². The molecular weight excluding hydrogens is 349 g/mol. The molecule has 1 saturated carbocycles. The fourth-order valence-electron chi connectivity index (χ4n) is 3.72. The molecule has 1 aliphatic carbocycles. The molecule has 0 unspecified atom stereocenters. The second-order valence-electron chi connectivity index (χ2n) is 7.50. The van der Waals surface area contributed by atoms with E-state index in [9.17, 15) is 22.8 Å². The monoisotopic (exact) mass is 378 g/mol. The zero-order valence-corrected chi connectivity index (χ0v) is 15.2. The molecule has 1 aliphatic heterocycles. The topological polar surface area (TPSA) is 58.6 Å². The summed E-state index contributed by atoms with van der Waals surface area (Å²) in [4.78, 5) is 25.0. The van der Waals surface area contributed by atoms with Crippen LogP contribution in [0.3, 0.4) is 0 Å². The molecule has 150 valence electrons. The summed E-state index contributed by atoms with van der Waals surface area (Å²) in [7, 11) is 0. The summed E-state index contributed by atoms with van der Waals surface area (Å²) in [5.74, 6) is -0.1000. The number of amides is 1. The summed E-state index contributed by atoms with van der Waals surface area (Å²) < 4.78 is 42.2. The highest BCUT2D eigenvalue weighted by atomic mass is 19.4. The van der Waals surface area contributed by atoms with E-state index in [0.717, 1.165) is 12.8 Å². The predicted octanol–water partition coefficient (Wildman–Crippen LogP) is 2.89. The van der Waals surface area contributed by atoms with Crippen LogP contribution in [0, 0.1) is 11.8 Å². The van der Waals surface area contributed by atoms with Crippen molar-refractivity contribution in [2.24, 2.45) is 11.8 Å². The molecule has 0 bridgehead atoms. The first kappa shape index (κ1) is 21.0. The van der Waals surface area contributed by atoms with Gasteiger partial charge >= 0.3 is 12.1 Å². The number of nitrogens with one attached hydrogen (secondary N) is 1. The number of carbonyl (C=O) groups is 2. The Morgan fingerprint density at radius 3 is 2.27 bits per heavy atom. The van der Waals surface area contributed by atoms with Crippen LogP contribution in [0.1, 0.15) is 51.4 Å². The summed E-state index contributed by atoms with van der Waals surface area (Å²) in [5, 5.41) is 2.60. The molecule has 0 aromatic heterocycles. The van der Waals surface area contributed by atoms with Gasteiger partial charge in [0.2, 0.25) is 5.91 Å². The van der Waals surface area contributed by atoms with E-state index in [0.29, 0.717) is 38.3 Å².